The van der Waals surface area contributed by atoms with E-state index in [1.54, 1.807) is 0 Å². The van der Waals surface area contributed by atoms with Crippen LogP contribution in [0.2, 0.25) is 0 Å². The van der Waals surface area contributed by atoms with Crippen LogP contribution in [0.25, 0.3) is 10.6 Å². The van der Waals surface area contributed by atoms with Crippen molar-refractivity contribution in [3.05, 3.63) is 29.3 Å². The first-order valence-electron chi connectivity index (χ1n) is 8.76. The SMILES string of the molecule is CC(C)CC(CNC(=O)Cc1csc(-c2ccc3c(c2)OCO3)n1)C(=O)O. The van der Waals surface area contributed by atoms with Gasteiger partial charge in [0.1, 0.15) is 5.01 Å². The Morgan fingerprint density at radius 3 is 2.81 bits per heavy atom. The molecule has 1 aromatic heterocycles. The number of aliphatic carboxylic acids is 1. The Balaban J connectivity index is 1.57. The van der Waals surface area contributed by atoms with Gasteiger partial charge < -0.3 is 19.9 Å². The first kappa shape index (κ1) is 19.2. The van der Waals surface area contributed by atoms with Gasteiger partial charge in [0.2, 0.25) is 12.7 Å². The lowest BCUT2D eigenvalue weighted by Gasteiger charge is -2.15. The molecule has 2 N–H and O–H groups in total. The zero-order chi connectivity index (χ0) is 19.4. The number of amides is 1. The predicted octanol–water partition coefficient (Wildman–Crippen LogP) is 2.94. The fourth-order valence-corrected chi connectivity index (χ4v) is 3.67. The van der Waals surface area contributed by atoms with Crippen molar-refractivity contribution >= 4 is 23.2 Å². The van der Waals surface area contributed by atoms with Crippen LogP contribution < -0.4 is 14.8 Å². The van der Waals surface area contributed by atoms with E-state index in [2.05, 4.69) is 10.3 Å². The molecule has 2 aromatic rings. The minimum Gasteiger partial charge on any atom is -0.481 e. The molecular weight excluding hydrogens is 368 g/mol. The molecular formula is C19H22N2O5S. The zero-order valence-electron chi connectivity index (χ0n) is 15.2. The molecule has 1 atom stereocenters. The molecule has 1 aliphatic heterocycles. The lowest BCUT2D eigenvalue weighted by molar-refractivity contribution is -0.142. The van der Waals surface area contributed by atoms with Crippen LogP contribution in [0, 0.1) is 11.8 Å². The Morgan fingerprint density at radius 2 is 2.07 bits per heavy atom. The molecule has 27 heavy (non-hydrogen) atoms. The molecule has 0 aliphatic carbocycles. The van der Waals surface area contributed by atoms with Crippen molar-refractivity contribution in [3.8, 4) is 22.1 Å². The third-order valence-electron chi connectivity index (χ3n) is 4.16. The zero-order valence-corrected chi connectivity index (χ0v) is 16.0. The van der Waals surface area contributed by atoms with E-state index < -0.39 is 11.9 Å². The number of ether oxygens (including phenoxy) is 2. The van der Waals surface area contributed by atoms with Gasteiger partial charge in [-0.05, 0) is 30.5 Å². The van der Waals surface area contributed by atoms with Gasteiger partial charge in [0, 0.05) is 17.5 Å². The molecule has 8 heteroatoms. The molecule has 0 radical (unpaired) electrons. The van der Waals surface area contributed by atoms with Gasteiger partial charge in [0.05, 0.1) is 18.0 Å². The number of aromatic nitrogens is 1. The number of benzene rings is 1. The maximum atomic E-state index is 12.1. The molecule has 0 fully saturated rings. The first-order chi connectivity index (χ1) is 12.9. The van der Waals surface area contributed by atoms with Gasteiger partial charge in [-0.1, -0.05) is 13.8 Å². The molecule has 1 aliphatic rings. The quantitative estimate of drug-likeness (QED) is 0.719. The molecule has 0 bridgehead atoms. The molecule has 0 spiro atoms. The topological polar surface area (TPSA) is 97.8 Å². The molecule has 7 nitrogen and oxygen atoms in total. The monoisotopic (exact) mass is 390 g/mol. The van der Waals surface area contributed by atoms with Crippen molar-refractivity contribution in [2.24, 2.45) is 11.8 Å². The van der Waals surface area contributed by atoms with Crippen molar-refractivity contribution < 1.29 is 24.2 Å². The van der Waals surface area contributed by atoms with E-state index in [9.17, 15) is 14.7 Å². The van der Waals surface area contributed by atoms with E-state index in [0.29, 0.717) is 23.6 Å². The number of carboxylic acid groups (broad SMARTS) is 1. The molecule has 144 valence electrons. The molecule has 0 saturated carbocycles. The molecule has 1 amide bonds. The molecule has 3 rings (SSSR count). The van der Waals surface area contributed by atoms with Crippen molar-refractivity contribution in [3.63, 3.8) is 0 Å². The minimum absolute atomic E-state index is 0.120. The lowest BCUT2D eigenvalue weighted by Crippen LogP contribution is -2.34. The highest BCUT2D eigenvalue weighted by Gasteiger charge is 2.20. The van der Waals surface area contributed by atoms with Crippen LogP contribution in [-0.2, 0) is 16.0 Å². The number of hydrogen-bond acceptors (Lipinski definition) is 6. The number of carbonyl (C=O) groups excluding carboxylic acids is 1. The Labute approximate surface area is 161 Å². The van der Waals surface area contributed by atoms with E-state index >= 15 is 0 Å². The van der Waals surface area contributed by atoms with Crippen molar-refractivity contribution in [2.45, 2.75) is 26.7 Å². The first-order valence-corrected chi connectivity index (χ1v) is 9.64. The van der Waals surface area contributed by atoms with Gasteiger partial charge >= 0.3 is 5.97 Å². The van der Waals surface area contributed by atoms with Gasteiger partial charge in [0.25, 0.3) is 0 Å². The number of nitrogens with zero attached hydrogens (tertiary/aromatic N) is 1. The number of carboxylic acids is 1. The maximum absolute atomic E-state index is 12.1. The summed E-state index contributed by atoms with van der Waals surface area (Å²) in [6.07, 6.45) is 0.648. The van der Waals surface area contributed by atoms with Crippen LogP contribution in [0.1, 0.15) is 26.0 Å². The second-order valence-electron chi connectivity index (χ2n) is 6.86. The third kappa shape index (κ3) is 4.97. The average Bonchev–Trinajstić information content (AvgIpc) is 3.26. The van der Waals surface area contributed by atoms with Gasteiger partial charge in [-0.25, -0.2) is 4.98 Å². The van der Waals surface area contributed by atoms with Crippen LogP contribution in [0.4, 0.5) is 0 Å². The summed E-state index contributed by atoms with van der Waals surface area (Å²) in [4.78, 5) is 27.9. The highest BCUT2D eigenvalue weighted by Crippen LogP contribution is 2.36. The third-order valence-corrected chi connectivity index (χ3v) is 5.10. The normalized spacial score (nSPS) is 13.6. The summed E-state index contributed by atoms with van der Waals surface area (Å²) in [6, 6.07) is 5.61. The van der Waals surface area contributed by atoms with E-state index in [4.69, 9.17) is 9.47 Å². The molecule has 0 saturated heterocycles. The van der Waals surface area contributed by atoms with Crippen LogP contribution in [0.3, 0.4) is 0 Å². The number of nitrogens with one attached hydrogen (secondary N) is 1. The highest BCUT2D eigenvalue weighted by atomic mass is 32.1. The number of thiazole rings is 1. The highest BCUT2D eigenvalue weighted by molar-refractivity contribution is 7.13. The fourth-order valence-electron chi connectivity index (χ4n) is 2.85. The van der Waals surface area contributed by atoms with Crippen LogP contribution in [-0.4, -0.2) is 35.3 Å². The maximum Gasteiger partial charge on any atom is 0.308 e. The summed E-state index contributed by atoms with van der Waals surface area (Å²) in [7, 11) is 0. The number of hydrogen-bond donors (Lipinski definition) is 2. The Bertz CT molecular complexity index is 833. The van der Waals surface area contributed by atoms with E-state index in [0.717, 1.165) is 10.6 Å². The Kier molecular flexibility index (Phi) is 5.95. The number of rotatable bonds is 8. The van der Waals surface area contributed by atoms with Crippen molar-refractivity contribution in [1.29, 1.82) is 0 Å². The number of carbonyl (C=O) groups is 2. The smallest absolute Gasteiger partial charge is 0.308 e. The summed E-state index contributed by atoms with van der Waals surface area (Å²) < 4.78 is 10.7. The lowest BCUT2D eigenvalue weighted by atomic mass is 9.97. The van der Waals surface area contributed by atoms with Crippen LogP contribution in [0.5, 0.6) is 11.5 Å². The summed E-state index contributed by atoms with van der Waals surface area (Å²) in [5, 5.41) is 14.6. The summed E-state index contributed by atoms with van der Waals surface area (Å²) in [5.74, 6) is -0.0363. The largest absolute Gasteiger partial charge is 0.481 e. The standard InChI is InChI=1S/C19H22N2O5S/c1-11(2)5-13(19(23)24)8-20-17(22)7-14-9-27-18(21-14)12-3-4-15-16(6-12)26-10-25-15/h3-4,6,9,11,13H,5,7-8,10H2,1-2H3,(H,20,22)(H,23,24). The number of fused-ring (bicyclic) bond motifs is 1. The summed E-state index contributed by atoms with van der Waals surface area (Å²) in [5.41, 5.74) is 1.56. The second-order valence-corrected chi connectivity index (χ2v) is 7.72. The Hall–Kier alpha value is -2.61. The van der Waals surface area contributed by atoms with Gasteiger partial charge in [-0.15, -0.1) is 11.3 Å². The van der Waals surface area contributed by atoms with E-state index in [1.165, 1.54) is 11.3 Å². The van der Waals surface area contributed by atoms with Gasteiger partial charge in [0.15, 0.2) is 11.5 Å². The molecule has 1 aromatic carbocycles. The fraction of sp³-hybridized carbons (Fsp3) is 0.421. The predicted molar refractivity (Wildman–Crippen MR) is 101 cm³/mol. The summed E-state index contributed by atoms with van der Waals surface area (Å²) >= 11 is 1.45. The Morgan fingerprint density at radius 1 is 1.30 bits per heavy atom. The van der Waals surface area contributed by atoms with Crippen molar-refractivity contribution in [1.82, 2.24) is 10.3 Å². The van der Waals surface area contributed by atoms with Crippen molar-refractivity contribution in [2.75, 3.05) is 13.3 Å². The second kappa shape index (κ2) is 8.39. The van der Waals surface area contributed by atoms with Gasteiger partial charge in [-0.2, -0.15) is 0 Å². The van der Waals surface area contributed by atoms with Crippen LogP contribution in [0.15, 0.2) is 23.6 Å². The minimum atomic E-state index is -0.886. The van der Waals surface area contributed by atoms with Crippen LogP contribution >= 0.6 is 11.3 Å². The van der Waals surface area contributed by atoms with E-state index in [1.807, 2.05) is 37.4 Å². The van der Waals surface area contributed by atoms with E-state index in [-0.39, 0.29) is 31.6 Å². The van der Waals surface area contributed by atoms with Gasteiger partial charge in [-0.3, -0.25) is 9.59 Å². The summed E-state index contributed by atoms with van der Waals surface area (Å²) in [6.45, 7) is 4.27. The average molecular weight is 390 g/mol. The molecule has 1 unspecified atom stereocenters. The molecule has 2 heterocycles.